The van der Waals surface area contributed by atoms with Crippen molar-refractivity contribution in [2.45, 2.75) is 13.8 Å². The summed E-state index contributed by atoms with van der Waals surface area (Å²) in [5, 5.41) is 9.03. The van der Waals surface area contributed by atoms with Crippen LogP contribution in [-0.4, -0.2) is 4.98 Å². The summed E-state index contributed by atoms with van der Waals surface area (Å²) in [6, 6.07) is 8.43. The predicted molar refractivity (Wildman–Crippen MR) is 68.8 cm³/mol. The van der Waals surface area contributed by atoms with Gasteiger partial charge >= 0.3 is 0 Å². The average Bonchev–Trinajstić information content (AvgIpc) is 2.35. The lowest BCUT2D eigenvalue weighted by Gasteiger charge is -2.08. The highest BCUT2D eigenvalue weighted by atomic mass is 35.5. The molecule has 90 valence electrons. The summed E-state index contributed by atoms with van der Waals surface area (Å²) in [6.07, 6.45) is 0. The van der Waals surface area contributed by atoms with E-state index in [0.717, 1.165) is 11.1 Å². The molecule has 4 heteroatoms. The van der Waals surface area contributed by atoms with Gasteiger partial charge in [-0.3, -0.25) is 0 Å². The monoisotopic (exact) mass is 260 g/mol. The van der Waals surface area contributed by atoms with Crippen LogP contribution < -0.4 is 0 Å². The zero-order chi connectivity index (χ0) is 13.3. The van der Waals surface area contributed by atoms with Gasteiger partial charge in [-0.15, -0.1) is 0 Å². The Morgan fingerprint density at radius 1 is 1.22 bits per heavy atom. The second-order valence-corrected chi connectivity index (χ2v) is 4.43. The van der Waals surface area contributed by atoms with Crippen LogP contribution in [0.4, 0.5) is 4.39 Å². The summed E-state index contributed by atoms with van der Waals surface area (Å²) in [5.74, 6) is -0.254. The number of halogens is 2. The van der Waals surface area contributed by atoms with Gasteiger partial charge < -0.3 is 0 Å². The number of aromatic nitrogens is 1. The fraction of sp³-hybridized carbons (Fsp3) is 0.143. The van der Waals surface area contributed by atoms with E-state index in [0.29, 0.717) is 16.8 Å². The number of hydrogen-bond acceptors (Lipinski definition) is 2. The van der Waals surface area contributed by atoms with Crippen LogP contribution in [0.15, 0.2) is 24.3 Å². The first kappa shape index (κ1) is 12.5. The van der Waals surface area contributed by atoms with Crippen LogP contribution in [0.5, 0.6) is 0 Å². The molecule has 0 bridgehead atoms. The van der Waals surface area contributed by atoms with Gasteiger partial charge in [0, 0.05) is 5.56 Å². The normalized spacial score (nSPS) is 10.2. The number of nitriles is 1. The Balaban J connectivity index is 2.61. The SMILES string of the molecule is Cc1cc(-c2nc(Cl)c(C#N)cc2C)ccc1F. The second-order valence-electron chi connectivity index (χ2n) is 4.07. The molecule has 0 spiro atoms. The lowest BCUT2D eigenvalue weighted by molar-refractivity contribution is 0.618. The Hall–Kier alpha value is -1.92. The fourth-order valence-electron chi connectivity index (χ4n) is 1.75. The number of aryl methyl sites for hydroxylation is 2. The van der Waals surface area contributed by atoms with Crippen molar-refractivity contribution in [2.75, 3.05) is 0 Å². The molecule has 2 rings (SSSR count). The Kier molecular flexibility index (Phi) is 3.31. The predicted octanol–water partition coefficient (Wildman–Crippen LogP) is 4.03. The highest BCUT2D eigenvalue weighted by molar-refractivity contribution is 6.30. The Morgan fingerprint density at radius 3 is 2.56 bits per heavy atom. The van der Waals surface area contributed by atoms with Gasteiger partial charge in [-0.2, -0.15) is 5.26 Å². The van der Waals surface area contributed by atoms with Crippen LogP contribution in [0.1, 0.15) is 16.7 Å². The molecule has 0 saturated heterocycles. The first-order valence-corrected chi connectivity index (χ1v) is 5.74. The van der Waals surface area contributed by atoms with Crippen molar-refractivity contribution < 1.29 is 4.39 Å². The highest BCUT2D eigenvalue weighted by Crippen LogP contribution is 2.26. The van der Waals surface area contributed by atoms with Gasteiger partial charge in [-0.25, -0.2) is 9.37 Å². The van der Waals surface area contributed by atoms with E-state index in [-0.39, 0.29) is 11.0 Å². The molecular formula is C14H10ClFN2. The third kappa shape index (κ3) is 2.20. The van der Waals surface area contributed by atoms with Crippen LogP contribution in [0.3, 0.4) is 0 Å². The highest BCUT2D eigenvalue weighted by Gasteiger charge is 2.10. The molecule has 2 aromatic rings. The van der Waals surface area contributed by atoms with Crippen LogP contribution >= 0.6 is 11.6 Å². The number of hydrogen-bond donors (Lipinski definition) is 0. The molecule has 0 unspecified atom stereocenters. The molecule has 1 heterocycles. The molecule has 1 aromatic carbocycles. The summed E-state index contributed by atoms with van der Waals surface area (Å²) in [4.78, 5) is 4.21. The Labute approximate surface area is 110 Å². The summed E-state index contributed by atoms with van der Waals surface area (Å²) in [5.41, 5.74) is 3.19. The number of benzene rings is 1. The van der Waals surface area contributed by atoms with Gasteiger partial charge in [0.15, 0.2) is 0 Å². The largest absolute Gasteiger partial charge is 0.234 e. The zero-order valence-electron chi connectivity index (χ0n) is 9.96. The molecule has 0 atom stereocenters. The summed E-state index contributed by atoms with van der Waals surface area (Å²) < 4.78 is 13.2. The van der Waals surface area contributed by atoms with E-state index in [1.165, 1.54) is 6.07 Å². The summed E-state index contributed by atoms with van der Waals surface area (Å²) in [7, 11) is 0. The minimum Gasteiger partial charge on any atom is -0.234 e. The minimum absolute atomic E-state index is 0.167. The van der Waals surface area contributed by atoms with Crippen molar-refractivity contribution in [1.29, 1.82) is 5.26 Å². The van der Waals surface area contributed by atoms with E-state index in [2.05, 4.69) is 4.98 Å². The molecule has 0 amide bonds. The van der Waals surface area contributed by atoms with Gasteiger partial charge in [-0.1, -0.05) is 11.6 Å². The zero-order valence-corrected chi connectivity index (χ0v) is 10.7. The quantitative estimate of drug-likeness (QED) is 0.726. The van der Waals surface area contributed by atoms with Crippen molar-refractivity contribution in [3.8, 4) is 17.3 Å². The number of rotatable bonds is 1. The van der Waals surface area contributed by atoms with E-state index in [9.17, 15) is 4.39 Å². The van der Waals surface area contributed by atoms with E-state index >= 15 is 0 Å². The molecule has 0 fully saturated rings. The van der Waals surface area contributed by atoms with E-state index in [4.69, 9.17) is 16.9 Å². The molecule has 0 aliphatic rings. The maximum Gasteiger partial charge on any atom is 0.147 e. The maximum absolute atomic E-state index is 13.2. The van der Waals surface area contributed by atoms with Crippen molar-refractivity contribution in [2.24, 2.45) is 0 Å². The van der Waals surface area contributed by atoms with Crippen LogP contribution in [0.25, 0.3) is 11.3 Å². The van der Waals surface area contributed by atoms with Crippen LogP contribution in [-0.2, 0) is 0 Å². The lowest BCUT2D eigenvalue weighted by Crippen LogP contribution is -1.93. The lowest BCUT2D eigenvalue weighted by atomic mass is 10.0. The van der Waals surface area contributed by atoms with Crippen molar-refractivity contribution in [3.63, 3.8) is 0 Å². The van der Waals surface area contributed by atoms with Gasteiger partial charge in [0.25, 0.3) is 0 Å². The third-order valence-corrected chi connectivity index (χ3v) is 3.01. The Bertz CT molecular complexity index is 660. The molecule has 18 heavy (non-hydrogen) atoms. The van der Waals surface area contributed by atoms with Gasteiger partial charge in [0.05, 0.1) is 11.3 Å². The van der Waals surface area contributed by atoms with Crippen molar-refractivity contribution in [1.82, 2.24) is 4.98 Å². The molecule has 0 aliphatic carbocycles. The van der Waals surface area contributed by atoms with E-state index < -0.39 is 0 Å². The number of pyridine rings is 1. The molecular weight excluding hydrogens is 251 g/mol. The Morgan fingerprint density at radius 2 is 1.94 bits per heavy atom. The molecule has 0 aliphatic heterocycles. The van der Waals surface area contributed by atoms with Gasteiger partial charge in [0.2, 0.25) is 0 Å². The molecule has 0 N–H and O–H groups in total. The molecule has 0 saturated carbocycles. The molecule has 0 radical (unpaired) electrons. The van der Waals surface area contributed by atoms with E-state index in [1.807, 2.05) is 13.0 Å². The molecule has 2 nitrogen and oxygen atoms in total. The maximum atomic E-state index is 13.2. The number of nitrogens with zero attached hydrogens (tertiary/aromatic N) is 2. The van der Waals surface area contributed by atoms with Crippen molar-refractivity contribution >= 4 is 11.6 Å². The van der Waals surface area contributed by atoms with Gasteiger partial charge in [0.1, 0.15) is 17.0 Å². The minimum atomic E-state index is -0.254. The fourth-order valence-corrected chi connectivity index (χ4v) is 1.93. The summed E-state index contributed by atoms with van der Waals surface area (Å²) >= 11 is 5.91. The summed E-state index contributed by atoms with van der Waals surface area (Å²) in [6.45, 7) is 3.54. The van der Waals surface area contributed by atoms with E-state index in [1.54, 1.807) is 25.1 Å². The second kappa shape index (κ2) is 4.75. The third-order valence-electron chi connectivity index (χ3n) is 2.72. The smallest absolute Gasteiger partial charge is 0.147 e. The first-order chi connectivity index (χ1) is 8.52. The standard InChI is InChI=1S/C14H10ClFN2/c1-8-5-10(3-4-12(8)16)13-9(2)6-11(7-17)14(15)18-13/h3-6H,1-2H3. The average molecular weight is 261 g/mol. The topological polar surface area (TPSA) is 36.7 Å². The van der Waals surface area contributed by atoms with Gasteiger partial charge in [-0.05, 0) is 49.2 Å². The van der Waals surface area contributed by atoms with Crippen LogP contribution in [0, 0.1) is 31.0 Å². The molecule has 1 aromatic heterocycles. The first-order valence-electron chi connectivity index (χ1n) is 5.36. The van der Waals surface area contributed by atoms with Crippen molar-refractivity contribution in [3.05, 3.63) is 51.9 Å². The van der Waals surface area contributed by atoms with Crippen LogP contribution in [0.2, 0.25) is 5.15 Å².